The lowest BCUT2D eigenvalue weighted by Crippen LogP contribution is -2.54. The first-order valence-electron chi connectivity index (χ1n) is 8.05. The number of nitrogens with zero attached hydrogens (tertiary/aromatic N) is 3. The van der Waals surface area contributed by atoms with E-state index in [1.54, 1.807) is 14.9 Å². The Labute approximate surface area is 132 Å². The molecule has 1 atom stereocenters. The summed E-state index contributed by atoms with van der Waals surface area (Å²) < 4.78 is 34.1. The molecule has 2 aliphatic rings. The second-order valence-corrected chi connectivity index (χ2v) is 8.30. The molecule has 0 N–H and O–H groups in total. The van der Waals surface area contributed by atoms with Crippen LogP contribution in [0.2, 0.25) is 0 Å². The van der Waals surface area contributed by atoms with E-state index < -0.39 is 10.2 Å². The highest BCUT2D eigenvalue weighted by Crippen LogP contribution is 2.21. The average molecular weight is 327 g/mol. The summed E-state index contributed by atoms with van der Waals surface area (Å²) in [6.07, 6.45) is 3.77. The largest absolute Gasteiger partial charge is 0.468 e. The van der Waals surface area contributed by atoms with Crippen LogP contribution in [0.4, 0.5) is 0 Å². The van der Waals surface area contributed by atoms with Gasteiger partial charge in [-0.15, -0.1) is 0 Å². The summed E-state index contributed by atoms with van der Waals surface area (Å²) in [4.78, 5) is 2.24. The fraction of sp³-hybridized carbons (Fsp3) is 0.733. The molecule has 3 heterocycles. The van der Waals surface area contributed by atoms with Crippen LogP contribution in [0, 0.1) is 5.92 Å². The van der Waals surface area contributed by atoms with Crippen molar-refractivity contribution in [2.24, 2.45) is 5.92 Å². The molecule has 0 radical (unpaired) electrons. The van der Waals surface area contributed by atoms with Crippen LogP contribution in [0.3, 0.4) is 0 Å². The minimum atomic E-state index is -3.29. The Hall–Kier alpha value is -0.890. The van der Waals surface area contributed by atoms with E-state index in [1.807, 2.05) is 12.1 Å². The van der Waals surface area contributed by atoms with Crippen molar-refractivity contribution in [3.05, 3.63) is 24.2 Å². The van der Waals surface area contributed by atoms with Crippen molar-refractivity contribution in [3.63, 3.8) is 0 Å². The summed E-state index contributed by atoms with van der Waals surface area (Å²) in [5.74, 6) is 1.39. The predicted molar refractivity (Wildman–Crippen MR) is 84.4 cm³/mol. The summed E-state index contributed by atoms with van der Waals surface area (Å²) in [6.45, 7) is 6.84. The Kier molecular flexibility index (Phi) is 4.87. The smallest absolute Gasteiger partial charge is 0.282 e. The Balaban J connectivity index is 1.56. The molecule has 0 aromatic carbocycles. The fourth-order valence-electron chi connectivity index (χ4n) is 3.26. The highest BCUT2D eigenvalue weighted by atomic mass is 32.2. The van der Waals surface area contributed by atoms with Gasteiger partial charge in [-0.3, -0.25) is 4.90 Å². The van der Waals surface area contributed by atoms with Crippen LogP contribution >= 0.6 is 0 Å². The summed E-state index contributed by atoms with van der Waals surface area (Å²) in [5, 5.41) is 0. The van der Waals surface area contributed by atoms with Crippen LogP contribution in [0.25, 0.3) is 0 Å². The number of rotatable bonds is 4. The number of furan rings is 1. The van der Waals surface area contributed by atoms with Gasteiger partial charge in [-0.05, 0) is 30.9 Å². The van der Waals surface area contributed by atoms with E-state index in [0.717, 1.165) is 38.2 Å². The minimum Gasteiger partial charge on any atom is -0.468 e. The zero-order chi connectivity index (χ0) is 15.6. The Bertz CT molecular complexity index is 565. The zero-order valence-corrected chi connectivity index (χ0v) is 14.0. The average Bonchev–Trinajstić information content (AvgIpc) is 3.01. The second kappa shape index (κ2) is 6.70. The lowest BCUT2D eigenvalue weighted by atomic mass is 10.0. The maximum atomic E-state index is 12.7. The van der Waals surface area contributed by atoms with Gasteiger partial charge in [0.2, 0.25) is 0 Å². The van der Waals surface area contributed by atoms with Gasteiger partial charge in [0.15, 0.2) is 0 Å². The molecule has 1 aromatic rings. The zero-order valence-electron chi connectivity index (χ0n) is 13.1. The van der Waals surface area contributed by atoms with E-state index in [0.29, 0.717) is 32.1 Å². The molecule has 3 rings (SSSR count). The van der Waals surface area contributed by atoms with Gasteiger partial charge in [-0.1, -0.05) is 6.92 Å². The summed E-state index contributed by atoms with van der Waals surface area (Å²) >= 11 is 0. The quantitative estimate of drug-likeness (QED) is 0.838. The van der Waals surface area contributed by atoms with Crippen LogP contribution in [0.1, 0.15) is 25.5 Å². The van der Waals surface area contributed by atoms with Crippen LogP contribution in [-0.2, 0) is 16.8 Å². The van der Waals surface area contributed by atoms with Crippen molar-refractivity contribution in [3.8, 4) is 0 Å². The van der Waals surface area contributed by atoms with E-state index >= 15 is 0 Å². The molecule has 1 unspecified atom stereocenters. The van der Waals surface area contributed by atoms with Crippen molar-refractivity contribution in [2.75, 3.05) is 39.3 Å². The number of hydrogen-bond donors (Lipinski definition) is 0. The first kappa shape index (κ1) is 16.0. The van der Waals surface area contributed by atoms with E-state index in [4.69, 9.17) is 4.42 Å². The van der Waals surface area contributed by atoms with Crippen molar-refractivity contribution in [2.45, 2.75) is 26.3 Å². The van der Waals surface area contributed by atoms with Crippen LogP contribution in [0.15, 0.2) is 22.8 Å². The highest BCUT2D eigenvalue weighted by molar-refractivity contribution is 7.86. The number of piperidine rings is 1. The SMILES string of the molecule is CC1CCCN(S(=O)(=O)N2CCN(Cc3ccco3)CC2)C1. The Morgan fingerprint density at radius 3 is 2.59 bits per heavy atom. The summed E-state index contributed by atoms with van der Waals surface area (Å²) in [5.41, 5.74) is 0. The van der Waals surface area contributed by atoms with Gasteiger partial charge >= 0.3 is 0 Å². The number of piperazine rings is 1. The molecule has 0 bridgehead atoms. The molecule has 124 valence electrons. The minimum absolute atomic E-state index is 0.462. The first-order valence-corrected chi connectivity index (χ1v) is 9.45. The molecule has 7 heteroatoms. The topological polar surface area (TPSA) is 57.0 Å². The van der Waals surface area contributed by atoms with Crippen molar-refractivity contribution in [1.82, 2.24) is 13.5 Å². The standard InChI is InChI=1S/C15H25N3O3S/c1-14-4-2-6-18(12-14)22(19,20)17-9-7-16(8-10-17)13-15-5-3-11-21-15/h3,5,11,14H,2,4,6-10,12-13H2,1H3. The maximum Gasteiger partial charge on any atom is 0.282 e. The third-order valence-electron chi connectivity index (χ3n) is 4.56. The molecule has 1 aromatic heterocycles. The Morgan fingerprint density at radius 2 is 1.95 bits per heavy atom. The summed E-state index contributed by atoms with van der Waals surface area (Å²) in [7, 11) is -3.29. The van der Waals surface area contributed by atoms with Crippen molar-refractivity contribution < 1.29 is 12.8 Å². The third kappa shape index (κ3) is 3.53. The van der Waals surface area contributed by atoms with Gasteiger partial charge in [0.25, 0.3) is 10.2 Å². The molecule has 0 spiro atoms. The molecule has 22 heavy (non-hydrogen) atoms. The van der Waals surface area contributed by atoms with E-state index in [2.05, 4.69) is 11.8 Å². The normalized spacial score (nSPS) is 26.3. The van der Waals surface area contributed by atoms with Crippen molar-refractivity contribution in [1.29, 1.82) is 0 Å². The predicted octanol–water partition coefficient (Wildman–Crippen LogP) is 1.37. The fourth-order valence-corrected chi connectivity index (χ4v) is 5.01. The second-order valence-electron chi connectivity index (χ2n) is 6.37. The molecular formula is C15H25N3O3S. The lowest BCUT2D eigenvalue weighted by molar-refractivity contribution is 0.161. The van der Waals surface area contributed by atoms with Gasteiger partial charge in [-0.25, -0.2) is 0 Å². The maximum absolute atomic E-state index is 12.7. The van der Waals surface area contributed by atoms with Crippen molar-refractivity contribution >= 4 is 10.2 Å². The third-order valence-corrected chi connectivity index (χ3v) is 6.57. The molecule has 0 aliphatic carbocycles. The number of hydrogen-bond acceptors (Lipinski definition) is 4. The molecule has 2 fully saturated rings. The molecule has 0 amide bonds. The van der Waals surface area contributed by atoms with Crippen LogP contribution < -0.4 is 0 Å². The first-order chi connectivity index (χ1) is 10.6. The highest BCUT2D eigenvalue weighted by Gasteiger charge is 2.34. The lowest BCUT2D eigenvalue weighted by Gasteiger charge is -2.38. The van der Waals surface area contributed by atoms with Crippen LogP contribution in [0.5, 0.6) is 0 Å². The molecular weight excluding hydrogens is 302 g/mol. The van der Waals surface area contributed by atoms with Gasteiger partial charge in [0.1, 0.15) is 5.76 Å². The van der Waals surface area contributed by atoms with Gasteiger partial charge in [0, 0.05) is 39.3 Å². The van der Waals surface area contributed by atoms with E-state index in [1.165, 1.54) is 0 Å². The monoisotopic (exact) mass is 327 g/mol. The van der Waals surface area contributed by atoms with Gasteiger partial charge in [-0.2, -0.15) is 17.0 Å². The van der Waals surface area contributed by atoms with Gasteiger partial charge in [0.05, 0.1) is 12.8 Å². The molecule has 0 saturated carbocycles. The van der Waals surface area contributed by atoms with E-state index in [-0.39, 0.29) is 0 Å². The van der Waals surface area contributed by atoms with Crippen LogP contribution in [-0.4, -0.2) is 61.2 Å². The summed E-state index contributed by atoms with van der Waals surface area (Å²) in [6, 6.07) is 3.84. The van der Waals surface area contributed by atoms with E-state index in [9.17, 15) is 8.42 Å². The molecule has 2 aliphatic heterocycles. The Morgan fingerprint density at radius 1 is 1.18 bits per heavy atom. The molecule has 2 saturated heterocycles. The van der Waals surface area contributed by atoms with Gasteiger partial charge < -0.3 is 4.42 Å². The molecule has 6 nitrogen and oxygen atoms in total.